The average molecular weight is 252 g/mol. The summed E-state index contributed by atoms with van der Waals surface area (Å²) in [5.41, 5.74) is 1.25. The van der Waals surface area contributed by atoms with Gasteiger partial charge in [0.1, 0.15) is 5.82 Å². The third-order valence-electron chi connectivity index (χ3n) is 3.64. The maximum atomic E-state index is 13.6. The molecular formula is C14H21FN2O. The normalized spacial score (nSPS) is 17.5. The molecule has 100 valence electrons. The molecule has 1 heterocycles. The molecule has 0 atom stereocenters. The predicted octanol–water partition coefficient (Wildman–Crippen LogP) is 1.85. The SMILES string of the molecule is CC(C)N1CCN(c2cccc(F)c2CO)CC1. The molecule has 2 rings (SSSR count). The topological polar surface area (TPSA) is 26.7 Å². The van der Waals surface area contributed by atoms with Crippen LogP contribution < -0.4 is 4.90 Å². The molecule has 1 aromatic carbocycles. The van der Waals surface area contributed by atoms with E-state index in [1.54, 1.807) is 6.07 Å². The largest absolute Gasteiger partial charge is 0.391 e. The summed E-state index contributed by atoms with van der Waals surface area (Å²) >= 11 is 0. The summed E-state index contributed by atoms with van der Waals surface area (Å²) in [6.45, 7) is 7.88. The van der Waals surface area contributed by atoms with E-state index in [9.17, 15) is 9.50 Å². The number of nitrogens with zero attached hydrogens (tertiary/aromatic N) is 2. The molecule has 1 aliphatic rings. The van der Waals surface area contributed by atoms with E-state index in [0.717, 1.165) is 31.9 Å². The van der Waals surface area contributed by atoms with E-state index < -0.39 is 0 Å². The summed E-state index contributed by atoms with van der Waals surface area (Å²) < 4.78 is 13.6. The smallest absolute Gasteiger partial charge is 0.130 e. The quantitative estimate of drug-likeness (QED) is 0.889. The molecule has 0 radical (unpaired) electrons. The number of anilines is 1. The van der Waals surface area contributed by atoms with Crippen LogP contribution in [0.2, 0.25) is 0 Å². The van der Waals surface area contributed by atoms with Gasteiger partial charge >= 0.3 is 0 Å². The van der Waals surface area contributed by atoms with Crippen molar-refractivity contribution in [2.45, 2.75) is 26.5 Å². The van der Waals surface area contributed by atoms with Crippen LogP contribution in [0.1, 0.15) is 19.4 Å². The first-order chi connectivity index (χ1) is 8.63. The fourth-order valence-electron chi connectivity index (χ4n) is 2.48. The molecule has 0 aromatic heterocycles. The maximum Gasteiger partial charge on any atom is 0.130 e. The number of piperazine rings is 1. The molecule has 4 heteroatoms. The summed E-state index contributed by atoms with van der Waals surface area (Å²) in [6.07, 6.45) is 0. The number of rotatable bonds is 3. The molecule has 3 nitrogen and oxygen atoms in total. The van der Waals surface area contributed by atoms with E-state index in [0.29, 0.717) is 11.6 Å². The first kappa shape index (κ1) is 13.3. The molecular weight excluding hydrogens is 231 g/mol. The standard InChI is InChI=1S/C14H21FN2O/c1-11(2)16-6-8-17(9-7-16)14-5-3-4-13(15)12(14)10-18/h3-5,11,18H,6-10H2,1-2H3. The summed E-state index contributed by atoms with van der Waals surface area (Å²) in [5, 5.41) is 9.29. The summed E-state index contributed by atoms with van der Waals surface area (Å²) in [6, 6.07) is 5.55. The minimum Gasteiger partial charge on any atom is -0.391 e. The Morgan fingerprint density at radius 1 is 1.22 bits per heavy atom. The lowest BCUT2D eigenvalue weighted by Crippen LogP contribution is -2.49. The van der Waals surface area contributed by atoms with Gasteiger partial charge in [0.25, 0.3) is 0 Å². The lowest BCUT2D eigenvalue weighted by atomic mass is 10.1. The van der Waals surface area contributed by atoms with E-state index in [4.69, 9.17) is 0 Å². The van der Waals surface area contributed by atoms with E-state index in [2.05, 4.69) is 23.6 Å². The van der Waals surface area contributed by atoms with E-state index in [1.807, 2.05) is 6.07 Å². The molecule has 0 aliphatic carbocycles. The molecule has 0 bridgehead atoms. The van der Waals surface area contributed by atoms with Gasteiger partial charge in [-0.3, -0.25) is 4.90 Å². The zero-order valence-corrected chi connectivity index (χ0v) is 11.1. The van der Waals surface area contributed by atoms with Crippen molar-refractivity contribution < 1.29 is 9.50 Å². The lowest BCUT2D eigenvalue weighted by molar-refractivity contribution is 0.208. The van der Waals surface area contributed by atoms with Gasteiger partial charge < -0.3 is 10.0 Å². The highest BCUT2D eigenvalue weighted by Crippen LogP contribution is 2.24. The van der Waals surface area contributed by atoms with Crippen LogP contribution in [-0.4, -0.2) is 42.2 Å². The molecule has 0 unspecified atom stereocenters. The average Bonchev–Trinajstić information content (AvgIpc) is 2.38. The van der Waals surface area contributed by atoms with Gasteiger partial charge in [-0.05, 0) is 26.0 Å². The second-order valence-corrected chi connectivity index (χ2v) is 5.01. The zero-order valence-electron chi connectivity index (χ0n) is 11.1. The second-order valence-electron chi connectivity index (χ2n) is 5.01. The molecule has 1 fully saturated rings. The monoisotopic (exact) mass is 252 g/mol. The Hall–Kier alpha value is -1.13. The highest BCUT2D eigenvalue weighted by molar-refractivity contribution is 5.54. The molecule has 0 saturated carbocycles. The van der Waals surface area contributed by atoms with Crippen molar-refractivity contribution in [2.24, 2.45) is 0 Å². The van der Waals surface area contributed by atoms with Crippen LogP contribution in [0.15, 0.2) is 18.2 Å². The van der Waals surface area contributed by atoms with Crippen LogP contribution in [0.4, 0.5) is 10.1 Å². The van der Waals surface area contributed by atoms with E-state index in [1.165, 1.54) is 6.07 Å². The maximum absolute atomic E-state index is 13.6. The van der Waals surface area contributed by atoms with Crippen LogP contribution in [0, 0.1) is 5.82 Å². The van der Waals surface area contributed by atoms with Crippen molar-refractivity contribution in [2.75, 3.05) is 31.1 Å². The van der Waals surface area contributed by atoms with Crippen LogP contribution in [0.25, 0.3) is 0 Å². The molecule has 1 saturated heterocycles. The highest BCUT2D eigenvalue weighted by Gasteiger charge is 2.21. The Labute approximate surface area is 108 Å². The Morgan fingerprint density at radius 3 is 2.44 bits per heavy atom. The van der Waals surface area contributed by atoms with Crippen molar-refractivity contribution in [3.05, 3.63) is 29.6 Å². The van der Waals surface area contributed by atoms with E-state index >= 15 is 0 Å². The molecule has 18 heavy (non-hydrogen) atoms. The number of aliphatic hydroxyl groups is 1. The molecule has 1 aliphatic heterocycles. The molecule has 0 amide bonds. The van der Waals surface area contributed by atoms with Gasteiger partial charge in [-0.25, -0.2) is 4.39 Å². The zero-order chi connectivity index (χ0) is 13.1. The molecule has 0 spiro atoms. The minimum absolute atomic E-state index is 0.244. The van der Waals surface area contributed by atoms with Gasteiger partial charge in [0.15, 0.2) is 0 Å². The second kappa shape index (κ2) is 5.67. The van der Waals surface area contributed by atoms with Crippen molar-refractivity contribution in [1.82, 2.24) is 4.90 Å². The number of halogens is 1. The Bertz CT molecular complexity index is 401. The van der Waals surface area contributed by atoms with Crippen molar-refractivity contribution in [3.8, 4) is 0 Å². The summed E-state index contributed by atoms with van der Waals surface area (Å²) in [7, 11) is 0. The predicted molar refractivity (Wildman–Crippen MR) is 71.2 cm³/mol. The van der Waals surface area contributed by atoms with Gasteiger partial charge in [-0.15, -0.1) is 0 Å². The number of aliphatic hydroxyl groups excluding tert-OH is 1. The number of hydrogen-bond acceptors (Lipinski definition) is 3. The Morgan fingerprint density at radius 2 is 1.89 bits per heavy atom. The van der Waals surface area contributed by atoms with Gasteiger partial charge in [0, 0.05) is 43.5 Å². The third-order valence-corrected chi connectivity index (χ3v) is 3.64. The number of hydrogen-bond donors (Lipinski definition) is 1. The highest BCUT2D eigenvalue weighted by atomic mass is 19.1. The fraction of sp³-hybridized carbons (Fsp3) is 0.571. The first-order valence-electron chi connectivity index (χ1n) is 6.50. The third kappa shape index (κ3) is 2.65. The van der Waals surface area contributed by atoms with E-state index in [-0.39, 0.29) is 12.4 Å². The molecule has 1 aromatic rings. The fourth-order valence-corrected chi connectivity index (χ4v) is 2.48. The minimum atomic E-state index is -0.318. The summed E-state index contributed by atoms with van der Waals surface area (Å²) in [4.78, 5) is 4.57. The van der Waals surface area contributed by atoms with Crippen LogP contribution in [0.3, 0.4) is 0 Å². The van der Waals surface area contributed by atoms with Crippen molar-refractivity contribution >= 4 is 5.69 Å². The van der Waals surface area contributed by atoms with Crippen LogP contribution >= 0.6 is 0 Å². The first-order valence-corrected chi connectivity index (χ1v) is 6.50. The number of benzene rings is 1. The van der Waals surface area contributed by atoms with Gasteiger partial charge in [0.05, 0.1) is 6.61 Å². The molecule has 1 N–H and O–H groups in total. The summed E-state index contributed by atoms with van der Waals surface area (Å²) in [5.74, 6) is -0.318. The van der Waals surface area contributed by atoms with Crippen molar-refractivity contribution in [3.63, 3.8) is 0 Å². The van der Waals surface area contributed by atoms with Gasteiger partial charge in [0.2, 0.25) is 0 Å². The van der Waals surface area contributed by atoms with Crippen molar-refractivity contribution in [1.29, 1.82) is 0 Å². The Balaban J connectivity index is 2.12. The van der Waals surface area contributed by atoms with Gasteiger partial charge in [-0.2, -0.15) is 0 Å². The van der Waals surface area contributed by atoms with Crippen LogP contribution in [0.5, 0.6) is 0 Å². The van der Waals surface area contributed by atoms with Gasteiger partial charge in [-0.1, -0.05) is 6.07 Å². The van der Waals surface area contributed by atoms with Crippen LogP contribution in [-0.2, 0) is 6.61 Å². The lowest BCUT2D eigenvalue weighted by Gasteiger charge is -2.38. The Kier molecular flexibility index (Phi) is 4.19.